The second kappa shape index (κ2) is 4.44. The minimum Gasteiger partial charge on any atom is -0.283 e. The van der Waals surface area contributed by atoms with E-state index in [9.17, 15) is 0 Å². The van der Waals surface area contributed by atoms with E-state index in [0.29, 0.717) is 6.67 Å². The molecular formula is C8H17N3. The largest absolute Gasteiger partial charge is 0.283 e. The quantitative estimate of drug-likeness (QED) is 0.609. The Morgan fingerprint density at radius 2 is 2.27 bits per heavy atom. The minimum absolute atomic E-state index is 0.604. The van der Waals surface area contributed by atoms with Crippen LogP contribution in [0.1, 0.15) is 26.2 Å². The summed E-state index contributed by atoms with van der Waals surface area (Å²) < 4.78 is 0. The standard InChI is InChI=1S/C8H17N3/c1-8-3-2-5-11(6-4-8)7-10-9/h8-9H,2-7H2,1H3. The first-order valence-corrected chi connectivity index (χ1v) is 4.38. The highest BCUT2D eigenvalue weighted by molar-refractivity contribution is 4.65. The van der Waals surface area contributed by atoms with E-state index in [1.54, 1.807) is 0 Å². The molecule has 1 rings (SSSR count). The van der Waals surface area contributed by atoms with Gasteiger partial charge in [-0.3, -0.25) is 4.90 Å². The fourth-order valence-corrected chi connectivity index (χ4v) is 1.56. The summed E-state index contributed by atoms with van der Waals surface area (Å²) in [5, 5.41) is 3.40. The zero-order chi connectivity index (χ0) is 8.10. The van der Waals surface area contributed by atoms with Gasteiger partial charge in [0.25, 0.3) is 0 Å². The normalized spacial score (nSPS) is 27.9. The lowest BCUT2D eigenvalue weighted by Crippen LogP contribution is -2.24. The van der Waals surface area contributed by atoms with E-state index in [0.717, 1.165) is 19.0 Å². The molecule has 0 spiro atoms. The monoisotopic (exact) mass is 155 g/mol. The van der Waals surface area contributed by atoms with Gasteiger partial charge in [-0.05, 0) is 31.7 Å². The van der Waals surface area contributed by atoms with Crippen molar-refractivity contribution < 1.29 is 0 Å². The molecule has 0 aromatic rings. The van der Waals surface area contributed by atoms with Gasteiger partial charge in [0.2, 0.25) is 0 Å². The second-order valence-electron chi connectivity index (χ2n) is 3.45. The van der Waals surface area contributed by atoms with Crippen molar-refractivity contribution in [2.45, 2.75) is 26.2 Å². The summed E-state index contributed by atoms with van der Waals surface area (Å²) >= 11 is 0. The smallest absolute Gasteiger partial charge is 0.112 e. The second-order valence-corrected chi connectivity index (χ2v) is 3.45. The lowest BCUT2D eigenvalue weighted by molar-refractivity contribution is 0.284. The van der Waals surface area contributed by atoms with Gasteiger partial charge in [-0.15, -0.1) is 0 Å². The first kappa shape index (κ1) is 8.65. The Balaban J connectivity index is 2.27. The van der Waals surface area contributed by atoms with Crippen LogP contribution in [0.4, 0.5) is 0 Å². The highest BCUT2D eigenvalue weighted by Crippen LogP contribution is 2.15. The van der Waals surface area contributed by atoms with Crippen LogP contribution in [0, 0.1) is 11.4 Å². The van der Waals surface area contributed by atoms with E-state index in [2.05, 4.69) is 16.9 Å². The molecule has 3 heteroatoms. The topological polar surface area (TPSA) is 39.5 Å². The van der Waals surface area contributed by atoms with Crippen molar-refractivity contribution in [2.24, 2.45) is 11.0 Å². The Kier molecular flexibility index (Phi) is 3.49. The summed E-state index contributed by atoms with van der Waals surface area (Å²) in [6.07, 6.45) is 3.89. The predicted octanol–water partition coefficient (Wildman–Crippen LogP) is 2.10. The molecule has 3 nitrogen and oxygen atoms in total. The number of rotatable bonds is 2. The van der Waals surface area contributed by atoms with Gasteiger partial charge in [0, 0.05) is 6.54 Å². The third kappa shape index (κ3) is 2.97. The summed E-state index contributed by atoms with van der Waals surface area (Å²) in [5.41, 5.74) is 6.74. The number of hydrogen-bond donors (Lipinski definition) is 1. The SMILES string of the molecule is CC1CCCN(CN=N)CC1. The molecule has 1 aliphatic rings. The molecule has 0 bridgehead atoms. The Hall–Kier alpha value is -0.440. The molecule has 1 saturated heterocycles. The molecular weight excluding hydrogens is 138 g/mol. The van der Waals surface area contributed by atoms with Gasteiger partial charge in [0.05, 0.1) is 0 Å². The van der Waals surface area contributed by atoms with Crippen LogP contribution in [0.3, 0.4) is 0 Å². The average molecular weight is 155 g/mol. The maximum atomic E-state index is 6.74. The first-order chi connectivity index (χ1) is 5.33. The van der Waals surface area contributed by atoms with Gasteiger partial charge in [-0.25, -0.2) is 5.53 Å². The van der Waals surface area contributed by atoms with Gasteiger partial charge in [0.15, 0.2) is 0 Å². The van der Waals surface area contributed by atoms with E-state index in [1.165, 1.54) is 19.3 Å². The summed E-state index contributed by atoms with van der Waals surface area (Å²) in [4.78, 5) is 2.26. The molecule has 1 heterocycles. The summed E-state index contributed by atoms with van der Waals surface area (Å²) in [5.74, 6) is 0.866. The molecule has 1 fully saturated rings. The van der Waals surface area contributed by atoms with Gasteiger partial charge in [0.1, 0.15) is 6.67 Å². The molecule has 0 aromatic carbocycles. The van der Waals surface area contributed by atoms with Crippen molar-refractivity contribution in [3.63, 3.8) is 0 Å². The molecule has 0 aliphatic carbocycles. The highest BCUT2D eigenvalue weighted by Gasteiger charge is 2.12. The molecule has 1 N–H and O–H groups in total. The average Bonchev–Trinajstić information content (AvgIpc) is 2.17. The van der Waals surface area contributed by atoms with E-state index in [-0.39, 0.29) is 0 Å². The Bertz CT molecular complexity index is 125. The summed E-state index contributed by atoms with van der Waals surface area (Å²) in [7, 11) is 0. The zero-order valence-corrected chi connectivity index (χ0v) is 7.21. The van der Waals surface area contributed by atoms with Crippen molar-refractivity contribution in [1.82, 2.24) is 4.90 Å². The lowest BCUT2D eigenvalue weighted by atomic mass is 10.0. The van der Waals surface area contributed by atoms with E-state index in [4.69, 9.17) is 5.53 Å². The van der Waals surface area contributed by atoms with Crippen LogP contribution in [0.5, 0.6) is 0 Å². The lowest BCUT2D eigenvalue weighted by Gasteiger charge is -2.15. The third-order valence-corrected chi connectivity index (χ3v) is 2.38. The Labute approximate surface area is 68.3 Å². The maximum Gasteiger partial charge on any atom is 0.112 e. The molecule has 1 atom stereocenters. The van der Waals surface area contributed by atoms with Crippen LogP contribution in [0.25, 0.3) is 0 Å². The number of hydrogen-bond acceptors (Lipinski definition) is 3. The van der Waals surface area contributed by atoms with Crippen molar-refractivity contribution in [2.75, 3.05) is 19.8 Å². The van der Waals surface area contributed by atoms with Crippen LogP contribution < -0.4 is 0 Å². The Morgan fingerprint density at radius 3 is 3.00 bits per heavy atom. The van der Waals surface area contributed by atoms with Gasteiger partial charge in [-0.1, -0.05) is 6.92 Å². The summed E-state index contributed by atoms with van der Waals surface area (Å²) in [6, 6.07) is 0. The van der Waals surface area contributed by atoms with E-state index in [1.807, 2.05) is 0 Å². The predicted molar refractivity (Wildman–Crippen MR) is 44.6 cm³/mol. The first-order valence-electron chi connectivity index (χ1n) is 4.38. The van der Waals surface area contributed by atoms with Crippen molar-refractivity contribution in [3.8, 4) is 0 Å². The molecule has 0 amide bonds. The van der Waals surface area contributed by atoms with Gasteiger partial charge in [-0.2, -0.15) is 5.11 Å². The van der Waals surface area contributed by atoms with Crippen LogP contribution in [0.15, 0.2) is 5.11 Å². The molecule has 0 saturated carbocycles. The van der Waals surface area contributed by atoms with Crippen molar-refractivity contribution in [1.29, 1.82) is 5.53 Å². The highest BCUT2D eigenvalue weighted by atomic mass is 15.2. The van der Waals surface area contributed by atoms with Crippen LogP contribution >= 0.6 is 0 Å². The number of nitrogens with one attached hydrogen (secondary N) is 1. The molecule has 0 radical (unpaired) electrons. The van der Waals surface area contributed by atoms with Crippen LogP contribution in [-0.4, -0.2) is 24.7 Å². The fraction of sp³-hybridized carbons (Fsp3) is 1.00. The molecule has 1 aliphatic heterocycles. The Morgan fingerprint density at radius 1 is 1.45 bits per heavy atom. The van der Waals surface area contributed by atoms with Crippen molar-refractivity contribution >= 4 is 0 Å². The summed E-state index contributed by atoms with van der Waals surface area (Å²) in [6.45, 7) is 5.17. The number of nitrogens with zero attached hydrogens (tertiary/aromatic N) is 2. The van der Waals surface area contributed by atoms with Crippen LogP contribution in [0.2, 0.25) is 0 Å². The molecule has 11 heavy (non-hydrogen) atoms. The molecule has 1 unspecified atom stereocenters. The van der Waals surface area contributed by atoms with Gasteiger partial charge >= 0.3 is 0 Å². The van der Waals surface area contributed by atoms with Crippen LogP contribution in [-0.2, 0) is 0 Å². The number of likely N-dealkylation sites (tertiary alicyclic amines) is 1. The van der Waals surface area contributed by atoms with E-state index >= 15 is 0 Å². The molecule has 64 valence electrons. The van der Waals surface area contributed by atoms with Gasteiger partial charge < -0.3 is 0 Å². The fourth-order valence-electron chi connectivity index (χ4n) is 1.56. The minimum atomic E-state index is 0.604. The third-order valence-electron chi connectivity index (χ3n) is 2.38. The van der Waals surface area contributed by atoms with E-state index < -0.39 is 0 Å². The molecule has 0 aromatic heterocycles. The maximum absolute atomic E-state index is 6.74. The zero-order valence-electron chi connectivity index (χ0n) is 7.21. The van der Waals surface area contributed by atoms with Crippen molar-refractivity contribution in [3.05, 3.63) is 0 Å².